The molecular weight excluding hydrogens is 332 g/mol. The predicted octanol–water partition coefficient (Wildman–Crippen LogP) is 3.46. The van der Waals surface area contributed by atoms with Gasteiger partial charge in [-0.2, -0.15) is 0 Å². The van der Waals surface area contributed by atoms with Crippen LogP contribution in [0.1, 0.15) is 48.2 Å². The number of amides is 1. The fraction of sp³-hybridized carbons (Fsp3) is 0.450. The summed E-state index contributed by atoms with van der Waals surface area (Å²) < 4.78 is 5.59. The third-order valence-electron chi connectivity index (χ3n) is 4.79. The second-order valence-electron chi connectivity index (χ2n) is 6.50. The molecule has 0 saturated carbocycles. The van der Waals surface area contributed by atoms with Gasteiger partial charge in [0, 0.05) is 18.0 Å². The van der Waals surface area contributed by atoms with Crippen LogP contribution in [0.4, 0.5) is 0 Å². The number of nitrogens with one attached hydrogen (secondary N) is 2. The molecule has 2 N–H and O–H groups in total. The first-order valence-corrected chi connectivity index (χ1v) is 9.83. The number of ether oxygens (including phenoxy) is 1. The van der Waals surface area contributed by atoms with Gasteiger partial charge in [-0.05, 0) is 34.9 Å². The number of thiophene rings is 1. The standard InChI is InChI=1S/C20H26N2O2S/c1-3-14(2)15-6-8-16(9-7-15)19(18-5-4-12-25-18)22-20(23)17-13-21-10-11-24-17/h4-9,12,14,17,19,21H,3,10-11,13H2,1-2H3,(H,22,23). The summed E-state index contributed by atoms with van der Waals surface area (Å²) in [5.41, 5.74) is 2.44. The Labute approximate surface area is 153 Å². The molecule has 1 saturated heterocycles. The molecule has 25 heavy (non-hydrogen) atoms. The summed E-state index contributed by atoms with van der Waals surface area (Å²) in [5, 5.41) is 8.42. The Hall–Kier alpha value is -1.69. The normalized spacial score (nSPS) is 20.0. The lowest BCUT2D eigenvalue weighted by Gasteiger charge is -2.26. The van der Waals surface area contributed by atoms with Crippen molar-refractivity contribution in [2.45, 2.75) is 38.3 Å². The van der Waals surface area contributed by atoms with E-state index in [-0.39, 0.29) is 11.9 Å². The SMILES string of the molecule is CCC(C)c1ccc(C(NC(=O)C2CNCCO2)c2cccs2)cc1. The maximum absolute atomic E-state index is 12.6. The summed E-state index contributed by atoms with van der Waals surface area (Å²) in [6, 6.07) is 12.6. The van der Waals surface area contributed by atoms with Crippen LogP contribution in [0.15, 0.2) is 41.8 Å². The largest absolute Gasteiger partial charge is 0.366 e. The van der Waals surface area contributed by atoms with Gasteiger partial charge in [0.2, 0.25) is 0 Å². The Morgan fingerprint density at radius 1 is 1.32 bits per heavy atom. The minimum Gasteiger partial charge on any atom is -0.366 e. The van der Waals surface area contributed by atoms with Gasteiger partial charge in [0.25, 0.3) is 5.91 Å². The van der Waals surface area contributed by atoms with Gasteiger partial charge < -0.3 is 15.4 Å². The first-order valence-electron chi connectivity index (χ1n) is 8.95. The maximum Gasteiger partial charge on any atom is 0.251 e. The molecule has 2 aromatic rings. The number of hydrogen-bond acceptors (Lipinski definition) is 4. The lowest BCUT2D eigenvalue weighted by atomic mass is 9.95. The van der Waals surface area contributed by atoms with Crippen molar-refractivity contribution in [3.63, 3.8) is 0 Å². The minimum absolute atomic E-state index is 0.0587. The Morgan fingerprint density at radius 2 is 2.08 bits per heavy atom. The predicted molar refractivity (Wildman–Crippen MR) is 102 cm³/mol. The molecule has 1 aliphatic heterocycles. The summed E-state index contributed by atoms with van der Waals surface area (Å²) in [6.45, 7) is 6.38. The van der Waals surface area contributed by atoms with Crippen LogP contribution in [-0.2, 0) is 9.53 Å². The number of benzene rings is 1. The molecule has 1 aliphatic rings. The number of rotatable bonds is 6. The van der Waals surface area contributed by atoms with Crippen molar-refractivity contribution in [2.75, 3.05) is 19.7 Å². The van der Waals surface area contributed by atoms with Crippen LogP contribution in [0.2, 0.25) is 0 Å². The Morgan fingerprint density at radius 3 is 2.68 bits per heavy atom. The zero-order valence-corrected chi connectivity index (χ0v) is 15.6. The molecule has 0 bridgehead atoms. The fourth-order valence-electron chi connectivity index (χ4n) is 3.00. The molecule has 1 fully saturated rings. The van der Waals surface area contributed by atoms with E-state index in [0.717, 1.165) is 23.4 Å². The molecular formula is C20H26N2O2S. The van der Waals surface area contributed by atoms with E-state index in [2.05, 4.69) is 54.8 Å². The van der Waals surface area contributed by atoms with Crippen LogP contribution >= 0.6 is 11.3 Å². The Bertz CT molecular complexity index is 664. The lowest BCUT2D eigenvalue weighted by molar-refractivity contribution is -0.134. The van der Waals surface area contributed by atoms with Crippen molar-refractivity contribution in [3.8, 4) is 0 Å². The second-order valence-corrected chi connectivity index (χ2v) is 7.48. The van der Waals surface area contributed by atoms with Crippen LogP contribution in [0.3, 0.4) is 0 Å². The lowest BCUT2D eigenvalue weighted by Crippen LogP contribution is -2.48. The van der Waals surface area contributed by atoms with Crippen LogP contribution in [0.5, 0.6) is 0 Å². The highest BCUT2D eigenvalue weighted by Gasteiger charge is 2.26. The highest BCUT2D eigenvalue weighted by Crippen LogP contribution is 2.28. The molecule has 1 aromatic heterocycles. The van der Waals surface area contributed by atoms with Crippen molar-refractivity contribution in [1.82, 2.24) is 10.6 Å². The smallest absolute Gasteiger partial charge is 0.251 e. The highest BCUT2D eigenvalue weighted by molar-refractivity contribution is 7.10. The summed E-state index contributed by atoms with van der Waals surface area (Å²) >= 11 is 1.66. The molecule has 134 valence electrons. The van der Waals surface area contributed by atoms with Crippen molar-refractivity contribution < 1.29 is 9.53 Å². The summed E-state index contributed by atoms with van der Waals surface area (Å²) in [5.74, 6) is 0.488. The van der Waals surface area contributed by atoms with Crippen LogP contribution in [0, 0.1) is 0 Å². The van der Waals surface area contributed by atoms with E-state index in [1.165, 1.54) is 5.56 Å². The van der Waals surface area contributed by atoms with Gasteiger partial charge >= 0.3 is 0 Å². The quantitative estimate of drug-likeness (QED) is 0.831. The number of carbonyl (C=O) groups excluding carboxylic acids is 1. The summed E-state index contributed by atoms with van der Waals surface area (Å²) in [4.78, 5) is 13.8. The van der Waals surface area contributed by atoms with E-state index in [4.69, 9.17) is 4.74 Å². The van der Waals surface area contributed by atoms with E-state index in [9.17, 15) is 4.79 Å². The average molecular weight is 359 g/mol. The third-order valence-corrected chi connectivity index (χ3v) is 5.72. The van der Waals surface area contributed by atoms with Crippen molar-refractivity contribution in [1.29, 1.82) is 0 Å². The van der Waals surface area contributed by atoms with Crippen LogP contribution in [0.25, 0.3) is 0 Å². The summed E-state index contributed by atoms with van der Waals surface area (Å²) in [6.07, 6.45) is 0.701. The molecule has 5 heteroatoms. The fourth-order valence-corrected chi connectivity index (χ4v) is 3.80. The monoisotopic (exact) mass is 358 g/mol. The average Bonchev–Trinajstić information content (AvgIpc) is 3.20. The molecule has 0 aliphatic carbocycles. The van der Waals surface area contributed by atoms with Gasteiger partial charge in [-0.1, -0.05) is 44.2 Å². The van der Waals surface area contributed by atoms with Gasteiger partial charge in [-0.3, -0.25) is 4.79 Å². The molecule has 3 atom stereocenters. The van der Waals surface area contributed by atoms with Crippen molar-refractivity contribution in [2.24, 2.45) is 0 Å². The maximum atomic E-state index is 12.6. The Kier molecular flexibility index (Phi) is 6.24. The molecule has 1 aromatic carbocycles. The Balaban J connectivity index is 1.79. The van der Waals surface area contributed by atoms with Gasteiger partial charge in [0.05, 0.1) is 12.6 Å². The van der Waals surface area contributed by atoms with E-state index in [1.54, 1.807) is 11.3 Å². The first kappa shape index (κ1) is 18.1. The van der Waals surface area contributed by atoms with E-state index < -0.39 is 6.10 Å². The molecule has 1 amide bonds. The number of morpholine rings is 1. The third kappa shape index (κ3) is 4.48. The highest BCUT2D eigenvalue weighted by atomic mass is 32.1. The zero-order valence-electron chi connectivity index (χ0n) is 14.8. The van der Waals surface area contributed by atoms with Crippen LogP contribution < -0.4 is 10.6 Å². The van der Waals surface area contributed by atoms with E-state index in [1.807, 2.05) is 11.4 Å². The molecule has 3 unspecified atom stereocenters. The molecule has 0 radical (unpaired) electrons. The second kappa shape index (κ2) is 8.61. The van der Waals surface area contributed by atoms with Crippen molar-refractivity contribution >= 4 is 17.2 Å². The van der Waals surface area contributed by atoms with Gasteiger partial charge in [-0.15, -0.1) is 11.3 Å². The first-order chi connectivity index (χ1) is 12.2. The van der Waals surface area contributed by atoms with E-state index >= 15 is 0 Å². The number of carbonyl (C=O) groups is 1. The molecule has 4 nitrogen and oxygen atoms in total. The topological polar surface area (TPSA) is 50.4 Å². The van der Waals surface area contributed by atoms with Gasteiger partial charge in [0.15, 0.2) is 0 Å². The van der Waals surface area contributed by atoms with Crippen LogP contribution in [-0.4, -0.2) is 31.7 Å². The number of hydrogen-bond donors (Lipinski definition) is 2. The zero-order chi connectivity index (χ0) is 17.6. The summed E-state index contributed by atoms with van der Waals surface area (Å²) in [7, 11) is 0. The molecule has 2 heterocycles. The molecule has 3 rings (SSSR count). The van der Waals surface area contributed by atoms with E-state index in [0.29, 0.717) is 19.1 Å². The minimum atomic E-state index is -0.421. The van der Waals surface area contributed by atoms with Gasteiger partial charge in [0.1, 0.15) is 6.10 Å². The van der Waals surface area contributed by atoms with Crippen molar-refractivity contribution in [3.05, 3.63) is 57.8 Å². The van der Waals surface area contributed by atoms with Gasteiger partial charge in [-0.25, -0.2) is 0 Å². The molecule has 0 spiro atoms.